The Kier molecular flexibility index (Phi) is 7.20. The summed E-state index contributed by atoms with van der Waals surface area (Å²) in [5, 5.41) is 16.7. The Morgan fingerprint density at radius 3 is 3.03 bits per heavy atom. The number of hydrogen-bond donors (Lipinski definition) is 3. The molecule has 0 spiro atoms. The molecule has 3 N–H and O–H groups in total. The standard InChI is InChI=1S/C25H30N6O4/c32-20(11-28-25(33)17-6-8-27-23(10-17)29-19-2-1-3-19)14-31-9-7-22-18(13-31)4-5-24(30-22)34-15-21-12-26-16-35-21/h4-6,8,10,12,16,19-20,32H,1-3,7,9,11,13-15H2,(H,27,29)(H,28,33). The van der Waals surface area contributed by atoms with Crippen LogP contribution in [0, 0.1) is 0 Å². The van der Waals surface area contributed by atoms with Gasteiger partial charge in [0.05, 0.1) is 18.0 Å². The van der Waals surface area contributed by atoms with Gasteiger partial charge in [-0.2, -0.15) is 0 Å². The van der Waals surface area contributed by atoms with Crippen molar-refractivity contribution in [2.45, 2.75) is 51.0 Å². The molecule has 10 heteroatoms. The van der Waals surface area contributed by atoms with E-state index in [9.17, 15) is 9.90 Å². The molecule has 1 amide bonds. The maximum absolute atomic E-state index is 12.6. The number of hydrogen-bond acceptors (Lipinski definition) is 9. The van der Waals surface area contributed by atoms with Crippen molar-refractivity contribution in [3.63, 3.8) is 0 Å². The molecule has 10 nitrogen and oxygen atoms in total. The molecule has 0 bridgehead atoms. The van der Waals surface area contributed by atoms with Crippen LogP contribution in [0.4, 0.5) is 5.82 Å². The normalized spacial score (nSPS) is 16.7. The third kappa shape index (κ3) is 6.14. The van der Waals surface area contributed by atoms with Crippen LogP contribution >= 0.6 is 0 Å². The Balaban J connectivity index is 1.07. The molecular weight excluding hydrogens is 448 g/mol. The van der Waals surface area contributed by atoms with Crippen LogP contribution in [0.1, 0.15) is 46.6 Å². The van der Waals surface area contributed by atoms with Gasteiger partial charge in [-0.05, 0) is 37.0 Å². The Morgan fingerprint density at radius 2 is 2.23 bits per heavy atom. The summed E-state index contributed by atoms with van der Waals surface area (Å²) in [5.74, 6) is 1.70. The van der Waals surface area contributed by atoms with Crippen molar-refractivity contribution in [3.8, 4) is 5.88 Å². The van der Waals surface area contributed by atoms with E-state index in [1.54, 1.807) is 24.5 Å². The first-order valence-corrected chi connectivity index (χ1v) is 12.0. The average Bonchev–Trinajstić information content (AvgIpc) is 3.37. The summed E-state index contributed by atoms with van der Waals surface area (Å²) in [6, 6.07) is 7.75. The van der Waals surface area contributed by atoms with Crippen LogP contribution in [-0.4, -0.2) is 62.6 Å². The predicted octanol–water partition coefficient (Wildman–Crippen LogP) is 2.16. The molecule has 5 rings (SSSR count). The number of β-amino-alcohol motifs (C(OH)–C–C–N with tert-alkyl or cyclic N) is 1. The smallest absolute Gasteiger partial charge is 0.251 e. The van der Waals surface area contributed by atoms with Crippen LogP contribution in [0.15, 0.2) is 47.5 Å². The zero-order valence-corrected chi connectivity index (χ0v) is 19.5. The Hall–Kier alpha value is -3.50. The average molecular weight is 479 g/mol. The molecule has 1 atom stereocenters. The van der Waals surface area contributed by atoms with E-state index in [1.165, 1.54) is 12.8 Å². The number of carbonyl (C=O) groups is 1. The molecular formula is C25H30N6O4. The highest BCUT2D eigenvalue weighted by molar-refractivity contribution is 5.94. The van der Waals surface area contributed by atoms with Crippen LogP contribution in [0.25, 0.3) is 0 Å². The lowest BCUT2D eigenvalue weighted by atomic mass is 9.93. The Morgan fingerprint density at radius 1 is 1.31 bits per heavy atom. The molecule has 1 saturated carbocycles. The van der Waals surface area contributed by atoms with Crippen molar-refractivity contribution in [2.75, 3.05) is 25.0 Å². The Labute approximate surface area is 203 Å². The van der Waals surface area contributed by atoms with Gasteiger partial charge in [-0.25, -0.2) is 15.0 Å². The molecule has 4 heterocycles. The lowest BCUT2D eigenvalue weighted by Gasteiger charge is -2.30. The zero-order chi connectivity index (χ0) is 24.0. The van der Waals surface area contributed by atoms with Gasteiger partial charge in [0, 0.05) is 56.5 Å². The lowest BCUT2D eigenvalue weighted by Crippen LogP contribution is -2.42. The molecule has 0 aromatic carbocycles. The van der Waals surface area contributed by atoms with Gasteiger partial charge < -0.3 is 24.9 Å². The van der Waals surface area contributed by atoms with E-state index in [0.29, 0.717) is 36.3 Å². The van der Waals surface area contributed by atoms with E-state index in [2.05, 4.69) is 30.5 Å². The minimum Gasteiger partial charge on any atom is -0.469 e. The number of pyridine rings is 2. The number of ether oxygens (including phenoxy) is 1. The molecule has 0 saturated heterocycles. The molecule has 1 aliphatic heterocycles. The van der Waals surface area contributed by atoms with Crippen molar-refractivity contribution in [1.82, 2.24) is 25.2 Å². The second kappa shape index (κ2) is 10.8. The second-order valence-electron chi connectivity index (χ2n) is 9.06. The third-order valence-electron chi connectivity index (χ3n) is 6.39. The van der Waals surface area contributed by atoms with Crippen LogP contribution in [0.3, 0.4) is 0 Å². The molecule has 3 aromatic heterocycles. The Bertz CT molecular complexity index is 1130. The highest BCUT2D eigenvalue weighted by Crippen LogP contribution is 2.23. The van der Waals surface area contributed by atoms with Crippen LogP contribution in [0.5, 0.6) is 5.88 Å². The van der Waals surface area contributed by atoms with E-state index in [1.807, 2.05) is 12.1 Å². The molecule has 1 fully saturated rings. The number of aliphatic hydroxyl groups excluding tert-OH is 1. The van der Waals surface area contributed by atoms with E-state index < -0.39 is 6.10 Å². The summed E-state index contributed by atoms with van der Waals surface area (Å²) in [6.07, 6.45) is 8.22. The van der Waals surface area contributed by atoms with Crippen molar-refractivity contribution in [2.24, 2.45) is 0 Å². The molecule has 35 heavy (non-hydrogen) atoms. The number of nitrogens with zero attached hydrogens (tertiary/aromatic N) is 4. The van der Waals surface area contributed by atoms with E-state index in [4.69, 9.17) is 9.15 Å². The fraction of sp³-hybridized carbons (Fsp3) is 0.440. The first-order chi connectivity index (χ1) is 17.1. The number of anilines is 1. The highest BCUT2D eigenvalue weighted by Gasteiger charge is 2.21. The van der Waals surface area contributed by atoms with Crippen molar-refractivity contribution < 1.29 is 19.1 Å². The fourth-order valence-corrected chi connectivity index (χ4v) is 4.24. The van der Waals surface area contributed by atoms with E-state index >= 15 is 0 Å². The monoisotopic (exact) mass is 478 g/mol. The van der Waals surface area contributed by atoms with E-state index in [-0.39, 0.29) is 19.1 Å². The van der Waals surface area contributed by atoms with Gasteiger partial charge in [0.25, 0.3) is 5.91 Å². The summed E-state index contributed by atoms with van der Waals surface area (Å²) in [6.45, 7) is 2.40. The molecule has 3 aromatic rings. The van der Waals surface area contributed by atoms with Crippen LogP contribution in [0.2, 0.25) is 0 Å². The number of fused-ring (bicyclic) bond motifs is 1. The molecule has 0 radical (unpaired) electrons. The van der Waals surface area contributed by atoms with Gasteiger partial charge in [0.1, 0.15) is 12.4 Å². The first kappa shape index (κ1) is 23.3. The van der Waals surface area contributed by atoms with Crippen molar-refractivity contribution in [1.29, 1.82) is 0 Å². The fourth-order valence-electron chi connectivity index (χ4n) is 4.24. The highest BCUT2D eigenvalue weighted by atomic mass is 16.5. The number of aliphatic hydroxyl groups is 1. The number of carbonyl (C=O) groups excluding carboxylic acids is 1. The van der Waals surface area contributed by atoms with Crippen LogP contribution in [-0.2, 0) is 19.6 Å². The van der Waals surface area contributed by atoms with Crippen molar-refractivity contribution in [3.05, 3.63) is 65.6 Å². The summed E-state index contributed by atoms with van der Waals surface area (Å²) >= 11 is 0. The summed E-state index contributed by atoms with van der Waals surface area (Å²) in [4.78, 5) is 27.5. The van der Waals surface area contributed by atoms with Gasteiger partial charge in [0.2, 0.25) is 5.88 Å². The largest absolute Gasteiger partial charge is 0.469 e. The number of amides is 1. The molecule has 184 valence electrons. The zero-order valence-electron chi connectivity index (χ0n) is 19.5. The molecule has 2 aliphatic rings. The van der Waals surface area contributed by atoms with Crippen molar-refractivity contribution >= 4 is 11.7 Å². The van der Waals surface area contributed by atoms with Gasteiger partial charge in [-0.1, -0.05) is 6.07 Å². The van der Waals surface area contributed by atoms with Gasteiger partial charge in [0.15, 0.2) is 12.2 Å². The summed E-state index contributed by atoms with van der Waals surface area (Å²) < 4.78 is 10.9. The SMILES string of the molecule is O=C(NCC(O)CN1CCc2nc(OCc3cnco3)ccc2C1)c1ccnc(NC2CCC2)c1. The quantitative estimate of drug-likeness (QED) is 0.402. The van der Waals surface area contributed by atoms with Gasteiger partial charge >= 0.3 is 0 Å². The van der Waals surface area contributed by atoms with Gasteiger partial charge in [-0.3, -0.25) is 9.69 Å². The minimum atomic E-state index is -0.674. The summed E-state index contributed by atoms with van der Waals surface area (Å²) in [7, 11) is 0. The van der Waals surface area contributed by atoms with Gasteiger partial charge in [-0.15, -0.1) is 0 Å². The second-order valence-corrected chi connectivity index (χ2v) is 9.06. The lowest BCUT2D eigenvalue weighted by molar-refractivity contribution is 0.0840. The third-order valence-corrected chi connectivity index (χ3v) is 6.39. The maximum Gasteiger partial charge on any atom is 0.251 e. The number of oxazole rings is 1. The molecule has 1 unspecified atom stereocenters. The number of aromatic nitrogens is 3. The molecule has 1 aliphatic carbocycles. The topological polar surface area (TPSA) is 126 Å². The number of rotatable bonds is 10. The maximum atomic E-state index is 12.6. The number of nitrogens with one attached hydrogen (secondary N) is 2. The van der Waals surface area contributed by atoms with Crippen LogP contribution < -0.4 is 15.4 Å². The summed E-state index contributed by atoms with van der Waals surface area (Å²) in [5.41, 5.74) is 2.65. The predicted molar refractivity (Wildman–Crippen MR) is 128 cm³/mol. The first-order valence-electron chi connectivity index (χ1n) is 12.0. The van der Waals surface area contributed by atoms with E-state index in [0.717, 1.165) is 42.9 Å². The minimum absolute atomic E-state index is 0.183.